The van der Waals surface area contributed by atoms with Gasteiger partial charge in [-0.25, -0.2) is 14.4 Å². The first-order chi connectivity index (χ1) is 16.9. The van der Waals surface area contributed by atoms with Crippen molar-refractivity contribution in [2.45, 2.75) is 44.4 Å². The van der Waals surface area contributed by atoms with E-state index < -0.39 is 48.4 Å². The van der Waals surface area contributed by atoms with Crippen LogP contribution in [0.25, 0.3) is 0 Å². The molecule has 5 atom stereocenters. The van der Waals surface area contributed by atoms with Crippen LogP contribution in [0.2, 0.25) is 0 Å². The molecule has 180 valence electrons. The minimum Gasteiger partial charge on any atom is -0.452 e. The Hall–Kier alpha value is -3.97. The maximum atomic E-state index is 13.0. The van der Waals surface area contributed by atoms with Gasteiger partial charge in [0.2, 0.25) is 0 Å². The summed E-state index contributed by atoms with van der Waals surface area (Å²) in [5.41, 5.74) is 0.995. The van der Waals surface area contributed by atoms with E-state index in [-0.39, 0.29) is 0 Å². The van der Waals surface area contributed by atoms with Crippen LogP contribution >= 0.6 is 0 Å². The predicted molar refractivity (Wildman–Crippen MR) is 127 cm³/mol. The van der Waals surface area contributed by atoms with Crippen LogP contribution in [0, 0.1) is 0 Å². The lowest BCUT2D eigenvalue weighted by Gasteiger charge is -2.43. The van der Waals surface area contributed by atoms with E-state index in [1.54, 1.807) is 105 Å². The third-order valence-electron chi connectivity index (χ3n) is 5.76. The van der Waals surface area contributed by atoms with Crippen molar-refractivity contribution >= 4 is 17.9 Å². The van der Waals surface area contributed by atoms with Gasteiger partial charge in [-0.15, -0.1) is 0 Å². The molecule has 35 heavy (non-hydrogen) atoms. The Morgan fingerprint density at radius 1 is 0.514 bits per heavy atom. The first kappa shape index (κ1) is 24.2. The maximum Gasteiger partial charge on any atom is 0.338 e. The van der Waals surface area contributed by atoms with Crippen molar-refractivity contribution in [3.05, 3.63) is 108 Å². The van der Waals surface area contributed by atoms with Crippen LogP contribution in [-0.4, -0.2) is 48.4 Å². The van der Waals surface area contributed by atoms with Crippen LogP contribution < -0.4 is 0 Å². The zero-order chi connectivity index (χ0) is 24.8. The molecule has 1 aliphatic heterocycles. The van der Waals surface area contributed by atoms with Gasteiger partial charge in [0.05, 0.1) is 28.9 Å². The van der Waals surface area contributed by atoms with Gasteiger partial charge in [0.25, 0.3) is 0 Å². The third-order valence-corrected chi connectivity index (χ3v) is 5.76. The summed E-state index contributed by atoms with van der Waals surface area (Å²) >= 11 is 0. The molecule has 1 heterocycles. The Kier molecular flexibility index (Phi) is 7.57. The summed E-state index contributed by atoms with van der Waals surface area (Å²) in [4.78, 5) is 38.7. The molecule has 0 bridgehead atoms. The summed E-state index contributed by atoms with van der Waals surface area (Å²) in [5, 5.41) is 0. The lowest BCUT2D eigenvalue weighted by Crippen LogP contribution is -2.60. The Balaban J connectivity index is 1.63. The highest BCUT2D eigenvalue weighted by Crippen LogP contribution is 2.30. The fourth-order valence-electron chi connectivity index (χ4n) is 3.97. The molecule has 7 nitrogen and oxygen atoms in total. The standard InChI is InChI=1S/C28H26O7/c1-18-23(33-26(29)20-12-6-3-7-13-20)25(35-28(31)22-16-10-5-11-17-22)24(19(2)32-18)34-27(30)21-14-8-4-9-15-21/h3-19,23-25H,1-2H3/t18-,19?,23+,24+,25+/m0/s1. The number of hydrogen-bond donors (Lipinski definition) is 0. The molecule has 1 saturated heterocycles. The van der Waals surface area contributed by atoms with Gasteiger partial charge in [0, 0.05) is 0 Å². The van der Waals surface area contributed by atoms with Crippen LogP contribution in [0.4, 0.5) is 0 Å². The third kappa shape index (κ3) is 5.75. The molecule has 1 aliphatic rings. The first-order valence-corrected chi connectivity index (χ1v) is 11.4. The largest absolute Gasteiger partial charge is 0.452 e. The van der Waals surface area contributed by atoms with Crippen LogP contribution in [0.15, 0.2) is 91.0 Å². The summed E-state index contributed by atoms with van der Waals surface area (Å²) in [7, 11) is 0. The molecule has 0 saturated carbocycles. The van der Waals surface area contributed by atoms with Gasteiger partial charge in [0.1, 0.15) is 0 Å². The van der Waals surface area contributed by atoms with Crippen LogP contribution in [-0.2, 0) is 18.9 Å². The van der Waals surface area contributed by atoms with Gasteiger partial charge >= 0.3 is 17.9 Å². The summed E-state index contributed by atoms with van der Waals surface area (Å²) in [6.07, 6.45) is -4.38. The van der Waals surface area contributed by atoms with Gasteiger partial charge in [-0.05, 0) is 50.2 Å². The Labute approximate surface area is 203 Å². The first-order valence-electron chi connectivity index (χ1n) is 11.4. The summed E-state index contributed by atoms with van der Waals surface area (Å²) < 4.78 is 23.3. The van der Waals surface area contributed by atoms with Crippen LogP contribution in [0.5, 0.6) is 0 Å². The van der Waals surface area contributed by atoms with Crippen LogP contribution in [0.3, 0.4) is 0 Å². The topological polar surface area (TPSA) is 88.1 Å². The smallest absolute Gasteiger partial charge is 0.338 e. The molecule has 0 amide bonds. The molecule has 0 aromatic heterocycles. The molecular weight excluding hydrogens is 448 g/mol. The van der Waals surface area contributed by atoms with Crippen molar-refractivity contribution in [2.24, 2.45) is 0 Å². The van der Waals surface area contributed by atoms with E-state index >= 15 is 0 Å². The molecule has 0 N–H and O–H groups in total. The molecule has 7 heteroatoms. The normalized spacial score (nSPS) is 23.7. The quantitative estimate of drug-likeness (QED) is 0.385. The lowest BCUT2D eigenvalue weighted by molar-refractivity contribution is -0.212. The van der Waals surface area contributed by atoms with E-state index in [1.165, 1.54) is 0 Å². The molecule has 3 aromatic carbocycles. The molecule has 0 radical (unpaired) electrons. The van der Waals surface area contributed by atoms with Crippen molar-refractivity contribution in [1.29, 1.82) is 0 Å². The monoisotopic (exact) mass is 474 g/mol. The van der Waals surface area contributed by atoms with E-state index in [0.29, 0.717) is 16.7 Å². The fraction of sp³-hybridized carbons (Fsp3) is 0.250. The zero-order valence-corrected chi connectivity index (χ0v) is 19.4. The second-order valence-corrected chi connectivity index (χ2v) is 8.25. The van der Waals surface area contributed by atoms with E-state index in [4.69, 9.17) is 18.9 Å². The molecule has 1 fully saturated rings. The van der Waals surface area contributed by atoms with Crippen molar-refractivity contribution < 1.29 is 33.3 Å². The van der Waals surface area contributed by atoms with Crippen molar-refractivity contribution in [1.82, 2.24) is 0 Å². The highest BCUT2D eigenvalue weighted by atomic mass is 16.6. The van der Waals surface area contributed by atoms with Crippen molar-refractivity contribution in [2.75, 3.05) is 0 Å². The number of rotatable bonds is 6. The molecule has 0 spiro atoms. The summed E-state index contributed by atoms with van der Waals surface area (Å²) in [5.74, 6) is -1.83. The molecular formula is C28H26O7. The minimum absolute atomic E-state index is 0.320. The van der Waals surface area contributed by atoms with E-state index in [2.05, 4.69) is 0 Å². The number of carbonyl (C=O) groups is 3. The average molecular weight is 475 g/mol. The number of ether oxygens (including phenoxy) is 4. The van der Waals surface area contributed by atoms with Gasteiger partial charge in [0.15, 0.2) is 18.3 Å². The second kappa shape index (κ2) is 11.0. The van der Waals surface area contributed by atoms with Crippen LogP contribution in [0.1, 0.15) is 44.9 Å². The summed E-state index contributed by atoms with van der Waals surface area (Å²) in [6.45, 7) is 3.44. The highest BCUT2D eigenvalue weighted by Gasteiger charge is 2.49. The average Bonchev–Trinajstić information content (AvgIpc) is 2.89. The molecule has 1 unspecified atom stereocenters. The Bertz CT molecular complexity index is 1080. The Morgan fingerprint density at radius 2 is 0.800 bits per heavy atom. The van der Waals surface area contributed by atoms with Gasteiger partial charge in [-0.2, -0.15) is 0 Å². The SMILES string of the molecule is CC1O[C@@H](C)[C@@H](OC(=O)c2ccccc2)[C@@H](OC(=O)c2ccccc2)[C@@H]1OC(=O)c1ccccc1. The number of esters is 3. The van der Waals surface area contributed by atoms with Gasteiger partial charge < -0.3 is 18.9 Å². The van der Waals surface area contributed by atoms with Crippen molar-refractivity contribution in [3.8, 4) is 0 Å². The molecule has 4 rings (SSSR count). The van der Waals surface area contributed by atoms with E-state index in [9.17, 15) is 14.4 Å². The highest BCUT2D eigenvalue weighted by molar-refractivity contribution is 5.91. The van der Waals surface area contributed by atoms with Gasteiger partial charge in [-0.1, -0.05) is 54.6 Å². The predicted octanol–water partition coefficient (Wildman–Crippen LogP) is 4.47. The number of hydrogen-bond acceptors (Lipinski definition) is 7. The zero-order valence-electron chi connectivity index (χ0n) is 19.4. The van der Waals surface area contributed by atoms with E-state index in [1.807, 2.05) is 0 Å². The Morgan fingerprint density at radius 3 is 1.11 bits per heavy atom. The maximum absolute atomic E-state index is 13.0. The minimum atomic E-state index is -1.10. The second-order valence-electron chi connectivity index (χ2n) is 8.25. The molecule has 0 aliphatic carbocycles. The van der Waals surface area contributed by atoms with Crippen molar-refractivity contribution in [3.63, 3.8) is 0 Å². The van der Waals surface area contributed by atoms with E-state index in [0.717, 1.165) is 0 Å². The molecule has 3 aromatic rings. The fourth-order valence-corrected chi connectivity index (χ4v) is 3.97. The number of carbonyl (C=O) groups excluding carboxylic acids is 3. The lowest BCUT2D eigenvalue weighted by atomic mass is 9.95. The number of benzene rings is 3. The van der Waals surface area contributed by atoms with Gasteiger partial charge in [-0.3, -0.25) is 0 Å². The summed E-state index contributed by atoms with van der Waals surface area (Å²) in [6, 6.07) is 25.4.